The molecule has 4 rings (SSSR count). The molecule has 1 saturated carbocycles. The van der Waals surface area contributed by atoms with Gasteiger partial charge in [0.2, 0.25) is 5.91 Å². The molecule has 3 unspecified atom stereocenters. The van der Waals surface area contributed by atoms with Crippen LogP contribution in [0, 0.1) is 5.92 Å². The average Bonchev–Trinajstić information content (AvgIpc) is 2.78. The first kappa shape index (κ1) is 22.2. The average molecular weight is 454 g/mol. The summed E-state index contributed by atoms with van der Waals surface area (Å²) in [6, 6.07) is 15.2. The third kappa shape index (κ3) is 5.25. The minimum atomic E-state index is -0.256. The summed E-state index contributed by atoms with van der Waals surface area (Å²) in [5, 5.41) is 6.67. The third-order valence-electron chi connectivity index (χ3n) is 6.04. The third-order valence-corrected chi connectivity index (χ3v) is 6.28. The van der Waals surface area contributed by atoms with E-state index in [1.165, 1.54) is 0 Å². The number of ether oxygens (including phenoxy) is 1. The van der Waals surface area contributed by atoms with Crippen LogP contribution in [-0.2, 0) is 20.9 Å². The van der Waals surface area contributed by atoms with E-state index in [9.17, 15) is 9.59 Å². The van der Waals surface area contributed by atoms with E-state index >= 15 is 0 Å². The summed E-state index contributed by atoms with van der Waals surface area (Å²) in [4.78, 5) is 27.3. The van der Waals surface area contributed by atoms with Crippen molar-refractivity contribution in [3.63, 3.8) is 0 Å². The molecule has 6 nitrogen and oxygen atoms in total. The van der Waals surface area contributed by atoms with Crippen LogP contribution in [0.2, 0.25) is 5.02 Å². The zero-order chi connectivity index (χ0) is 22.7. The molecule has 1 heterocycles. The van der Waals surface area contributed by atoms with E-state index in [4.69, 9.17) is 16.3 Å². The highest BCUT2D eigenvalue weighted by atomic mass is 35.5. The standard InChI is InChI=1S/C25H28ClN3O3/c1-29(2)20-9-6-16(7-10-20)15-27-24(30)18-8-11-22-21(14-18)28-25(31)23(32-22)13-17-4-3-5-19(26)12-17/h3-7,9-10,12-13,18,21-22H,8,11,14-15H2,1-2H3,(H,27,30)(H,28,31)/b23-13-. The van der Waals surface area contributed by atoms with Gasteiger partial charge in [0.1, 0.15) is 6.10 Å². The number of amides is 2. The van der Waals surface area contributed by atoms with Gasteiger partial charge >= 0.3 is 0 Å². The number of carbonyl (C=O) groups is 2. The molecule has 3 atom stereocenters. The highest BCUT2D eigenvalue weighted by Gasteiger charge is 2.40. The Morgan fingerprint density at radius 3 is 2.72 bits per heavy atom. The zero-order valence-corrected chi connectivity index (χ0v) is 19.1. The normalized spacial score (nSPS) is 23.7. The van der Waals surface area contributed by atoms with Crippen LogP contribution in [-0.4, -0.2) is 38.1 Å². The molecule has 32 heavy (non-hydrogen) atoms. The van der Waals surface area contributed by atoms with E-state index < -0.39 is 0 Å². The Hall–Kier alpha value is -2.99. The van der Waals surface area contributed by atoms with Gasteiger partial charge in [0.05, 0.1) is 6.04 Å². The molecule has 2 fully saturated rings. The van der Waals surface area contributed by atoms with Gasteiger partial charge in [-0.25, -0.2) is 0 Å². The molecule has 1 aliphatic carbocycles. The van der Waals surface area contributed by atoms with E-state index in [-0.39, 0.29) is 35.6 Å². The molecule has 0 aromatic heterocycles. The van der Waals surface area contributed by atoms with E-state index in [0.717, 1.165) is 23.2 Å². The Balaban J connectivity index is 1.32. The van der Waals surface area contributed by atoms with Crippen molar-refractivity contribution in [3.8, 4) is 0 Å². The van der Waals surface area contributed by atoms with Gasteiger partial charge in [-0.15, -0.1) is 0 Å². The molecule has 2 N–H and O–H groups in total. The maximum atomic E-state index is 12.7. The highest BCUT2D eigenvalue weighted by Crippen LogP contribution is 2.31. The van der Waals surface area contributed by atoms with Gasteiger partial charge in [0, 0.05) is 37.3 Å². The number of fused-ring (bicyclic) bond motifs is 1. The lowest BCUT2D eigenvalue weighted by atomic mass is 9.82. The molecule has 2 amide bonds. The van der Waals surface area contributed by atoms with Gasteiger partial charge in [-0.3, -0.25) is 9.59 Å². The van der Waals surface area contributed by atoms with Gasteiger partial charge in [0.25, 0.3) is 5.91 Å². The Morgan fingerprint density at radius 1 is 1.22 bits per heavy atom. The van der Waals surface area contributed by atoms with Crippen molar-refractivity contribution < 1.29 is 14.3 Å². The first-order valence-electron chi connectivity index (χ1n) is 10.9. The molecule has 1 aliphatic heterocycles. The van der Waals surface area contributed by atoms with Crippen molar-refractivity contribution in [2.45, 2.75) is 38.0 Å². The van der Waals surface area contributed by atoms with Crippen LogP contribution in [0.15, 0.2) is 54.3 Å². The Labute approximate surface area is 193 Å². The van der Waals surface area contributed by atoms with Crippen molar-refractivity contribution in [2.24, 2.45) is 5.92 Å². The van der Waals surface area contributed by atoms with Crippen LogP contribution in [0.4, 0.5) is 5.69 Å². The lowest BCUT2D eigenvalue weighted by molar-refractivity contribution is -0.134. The van der Waals surface area contributed by atoms with Gasteiger partial charge in [-0.2, -0.15) is 0 Å². The summed E-state index contributed by atoms with van der Waals surface area (Å²) in [5.41, 5.74) is 2.99. The lowest BCUT2D eigenvalue weighted by Gasteiger charge is -2.39. The molecule has 7 heteroatoms. The summed E-state index contributed by atoms with van der Waals surface area (Å²) in [5.74, 6) is -0.0832. The van der Waals surface area contributed by atoms with Crippen LogP contribution < -0.4 is 15.5 Å². The predicted molar refractivity (Wildman–Crippen MR) is 126 cm³/mol. The van der Waals surface area contributed by atoms with Crippen molar-refractivity contribution in [1.29, 1.82) is 0 Å². The Bertz CT molecular complexity index is 1020. The molecular weight excluding hydrogens is 426 g/mol. The van der Waals surface area contributed by atoms with Crippen molar-refractivity contribution in [1.82, 2.24) is 10.6 Å². The van der Waals surface area contributed by atoms with Gasteiger partial charge < -0.3 is 20.3 Å². The first-order valence-corrected chi connectivity index (χ1v) is 11.3. The number of morpholine rings is 1. The van der Waals surface area contributed by atoms with E-state index in [2.05, 4.69) is 10.6 Å². The largest absolute Gasteiger partial charge is 0.483 e. The Kier molecular flexibility index (Phi) is 6.70. The molecule has 0 bridgehead atoms. The van der Waals surface area contributed by atoms with E-state index in [0.29, 0.717) is 24.4 Å². The second kappa shape index (κ2) is 9.65. The number of hydrogen-bond donors (Lipinski definition) is 2. The molecule has 0 spiro atoms. The number of anilines is 1. The summed E-state index contributed by atoms with van der Waals surface area (Å²) in [6.45, 7) is 0.493. The van der Waals surface area contributed by atoms with Crippen LogP contribution >= 0.6 is 11.6 Å². The fourth-order valence-electron chi connectivity index (χ4n) is 4.22. The van der Waals surface area contributed by atoms with Crippen LogP contribution in [0.5, 0.6) is 0 Å². The summed E-state index contributed by atoms with van der Waals surface area (Å²) >= 11 is 6.03. The minimum absolute atomic E-state index is 0.0228. The second-order valence-electron chi connectivity index (χ2n) is 8.59. The van der Waals surface area contributed by atoms with Crippen molar-refractivity contribution >= 4 is 35.2 Å². The highest BCUT2D eigenvalue weighted by molar-refractivity contribution is 6.30. The van der Waals surface area contributed by atoms with Gasteiger partial charge in [-0.1, -0.05) is 35.9 Å². The number of nitrogens with one attached hydrogen (secondary N) is 2. The summed E-state index contributed by atoms with van der Waals surface area (Å²) in [7, 11) is 3.99. The smallest absolute Gasteiger partial charge is 0.286 e. The topological polar surface area (TPSA) is 70.7 Å². The fraction of sp³-hybridized carbons (Fsp3) is 0.360. The van der Waals surface area contributed by atoms with Crippen LogP contribution in [0.1, 0.15) is 30.4 Å². The molecule has 168 valence electrons. The molecule has 2 aromatic rings. The van der Waals surface area contributed by atoms with Crippen molar-refractivity contribution in [3.05, 3.63) is 70.4 Å². The number of rotatable bonds is 5. The van der Waals surface area contributed by atoms with E-state index in [1.54, 1.807) is 18.2 Å². The van der Waals surface area contributed by atoms with E-state index in [1.807, 2.05) is 55.4 Å². The zero-order valence-electron chi connectivity index (χ0n) is 18.3. The molecule has 0 radical (unpaired) electrons. The molecule has 2 aliphatic rings. The second-order valence-corrected chi connectivity index (χ2v) is 9.02. The van der Waals surface area contributed by atoms with Crippen molar-refractivity contribution in [2.75, 3.05) is 19.0 Å². The van der Waals surface area contributed by atoms with Crippen LogP contribution in [0.25, 0.3) is 6.08 Å². The number of hydrogen-bond acceptors (Lipinski definition) is 4. The number of nitrogens with zero attached hydrogens (tertiary/aromatic N) is 1. The SMILES string of the molecule is CN(C)c1ccc(CNC(=O)C2CCC3O/C(=C\c4cccc(Cl)c4)C(=O)NC3C2)cc1. The number of benzene rings is 2. The summed E-state index contributed by atoms with van der Waals surface area (Å²) < 4.78 is 6.00. The monoisotopic (exact) mass is 453 g/mol. The summed E-state index contributed by atoms with van der Waals surface area (Å²) in [6.07, 6.45) is 3.60. The van der Waals surface area contributed by atoms with Crippen LogP contribution in [0.3, 0.4) is 0 Å². The maximum Gasteiger partial charge on any atom is 0.286 e. The molecule has 2 aromatic carbocycles. The van der Waals surface area contributed by atoms with Gasteiger partial charge in [0.15, 0.2) is 5.76 Å². The lowest BCUT2D eigenvalue weighted by Crippen LogP contribution is -2.54. The first-order chi connectivity index (χ1) is 15.4. The predicted octanol–water partition coefficient (Wildman–Crippen LogP) is 3.75. The van der Waals surface area contributed by atoms with Gasteiger partial charge in [-0.05, 0) is 60.7 Å². The maximum absolute atomic E-state index is 12.7. The quantitative estimate of drug-likeness (QED) is 0.676. The minimum Gasteiger partial charge on any atom is -0.483 e. The molecular formula is C25H28ClN3O3. The number of halogens is 1. The molecule has 1 saturated heterocycles. The fourth-order valence-corrected chi connectivity index (χ4v) is 4.42. The Morgan fingerprint density at radius 2 is 2.00 bits per heavy atom. The number of carbonyl (C=O) groups excluding carboxylic acids is 2.